The smallest absolute Gasteiger partial charge is 0.266 e. The molecule has 5 rings (SSSR count). The van der Waals surface area contributed by atoms with Crippen LogP contribution >= 0.6 is 0 Å². The van der Waals surface area contributed by atoms with Crippen LogP contribution in [0.1, 0.15) is 17.2 Å². The van der Waals surface area contributed by atoms with Gasteiger partial charge in [0, 0.05) is 0 Å². The SMILES string of the molecule is Cc1ccc([C@@H]2[C@H]3C(=O)N(c4ccc(F)cc4)C(=O)[C@@H]3ON2c2ccccc2)cc1. The van der Waals surface area contributed by atoms with Crippen molar-refractivity contribution in [2.45, 2.75) is 19.1 Å². The lowest BCUT2D eigenvalue weighted by molar-refractivity contribution is -0.126. The lowest BCUT2D eigenvalue weighted by Crippen LogP contribution is -2.37. The van der Waals surface area contributed by atoms with Gasteiger partial charge in [-0.25, -0.2) is 14.4 Å². The number of aryl methyl sites for hydroxylation is 1. The molecule has 0 saturated carbocycles. The minimum Gasteiger partial charge on any atom is -0.273 e. The second kappa shape index (κ2) is 7.07. The van der Waals surface area contributed by atoms with Crippen molar-refractivity contribution in [3.63, 3.8) is 0 Å². The highest BCUT2D eigenvalue weighted by atomic mass is 19.1. The molecule has 0 spiro atoms. The van der Waals surface area contributed by atoms with Gasteiger partial charge in [0.25, 0.3) is 5.91 Å². The summed E-state index contributed by atoms with van der Waals surface area (Å²) in [6, 6.07) is 22.2. The number of rotatable bonds is 3. The molecule has 0 N–H and O–H groups in total. The topological polar surface area (TPSA) is 49.9 Å². The minimum atomic E-state index is -0.936. The summed E-state index contributed by atoms with van der Waals surface area (Å²) in [5.74, 6) is -1.92. The molecule has 0 aliphatic carbocycles. The summed E-state index contributed by atoms with van der Waals surface area (Å²) in [7, 11) is 0. The summed E-state index contributed by atoms with van der Waals surface area (Å²) in [6.45, 7) is 1.99. The van der Waals surface area contributed by atoms with Crippen LogP contribution in [0.15, 0.2) is 78.9 Å². The van der Waals surface area contributed by atoms with Gasteiger partial charge in [-0.3, -0.25) is 14.4 Å². The van der Waals surface area contributed by atoms with Gasteiger partial charge in [-0.05, 0) is 48.9 Å². The van der Waals surface area contributed by atoms with Crippen molar-refractivity contribution in [1.29, 1.82) is 0 Å². The normalized spacial score (nSPS) is 23.2. The van der Waals surface area contributed by atoms with Gasteiger partial charge in [-0.15, -0.1) is 0 Å². The molecule has 2 aliphatic rings. The van der Waals surface area contributed by atoms with Gasteiger partial charge in [0.15, 0.2) is 6.10 Å². The third kappa shape index (κ3) is 2.88. The molecule has 6 heteroatoms. The average Bonchev–Trinajstić information content (AvgIpc) is 3.27. The van der Waals surface area contributed by atoms with Crippen molar-refractivity contribution in [3.05, 3.63) is 95.8 Å². The fourth-order valence-electron chi connectivity index (χ4n) is 4.16. The Morgan fingerprint density at radius 3 is 2.13 bits per heavy atom. The zero-order chi connectivity index (χ0) is 20.8. The van der Waals surface area contributed by atoms with Crippen LogP contribution in [-0.4, -0.2) is 17.9 Å². The van der Waals surface area contributed by atoms with E-state index in [0.29, 0.717) is 5.69 Å². The number of carbonyl (C=O) groups is 2. The summed E-state index contributed by atoms with van der Waals surface area (Å²) in [6.07, 6.45) is -0.936. The van der Waals surface area contributed by atoms with Crippen LogP contribution in [0.2, 0.25) is 0 Å². The van der Waals surface area contributed by atoms with Crippen molar-refractivity contribution < 1.29 is 18.8 Å². The second-order valence-corrected chi connectivity index (χ2v) is 7.56. The van der Waals surface area contributed by atoms with E-state index in [1.54, 1.807) is 5.06 Å². The number of fused-ring (bicyclic) bond motifs is 1. The molecule has 3 aromatic rings. The van der Waals surface area contributed by atoms with E-state index >= 15 is 0 Å². The van der Waals surface area contributed by atoms with Crippen molar-refractivity contribution in [2.75, 3.05) is 9.96 Å². The maximum Gasteiger partial charge on any atom is 0.266 e. The van der Waals surface area contributed by atoms with E-state index < -0.39 is 29.8 Å². The number of para-hydroxylation sites is 1. The van der Waals surface area contributed by atoms with E-state index in [4.69, 9.17) is 4.84 Å². The van der Waals surface area contributed by atoms with Crippen LogP contribution in [-0.2, 0) is 14.4 Å². The number of hydrogen-bond acceptors (Lipinski definition) is 4. The molecule has 2 amide bonds. The number of halogens is 1. The van der Waals surface area contributed by atoms with Crippen LogP contribution in [0.5, 0.6) is 0 Å². The average molecular weight is 402 g/mol. The van der Waals surface area contributed by atoms with Crippen molar-refractivity contribution in [1.82, 2.24) is 0 Å². The quantitative estimate of drug-likeness (QED) is 0.617. The fourth-order valence-corrected chi connectivity index (χ4v) is 4.16. The summed E-state index contributed by atoms with van der Waals surface area (Å²) in [4.78, 5) is 33.7. The molecule has 30 heavy (non-hydrogen) atoms. The molecule has 2 fully saturated rings. The van der Waals surface area contributed by atoms with Gasteiger partial charge in [0.05, 0.1) is 17.4 Å². The number of anilines is 2. The number of amides is 2. The van der Waals surface area contributed by atoms with Gasteiger partial charge in [0.1, 0.15) is 11.7 Å². The number of imide groups is 1. The fraction of sp³-hybridized carbons (Fsp3) is 0.167. The molecule has 2 aliphatic heterocycles. The molecular formula is C24H19FN2O3. The molecule has 0 unspecified atom stereocenters. The minimum absolute atomic E-state index is 0.346. The molecule has 0 aromatic heterocycles. The van der Waals surface area contributed by atoms with E-state index in [1.807, 2.05) is 61.5 Å². The highest BCUT2D eigenvalue weighted by Crippen LogP contribution is 2.47. The third-order valence-corrected chi connectivity index (χ3v) is 5.63. The first-order valence-corrected chi connectivity index (χ1v) is 9.75. The largest absolute Gasteiger partial charge is 0.273 e. The zero-order valence-electron chi connectivity index (χ0n) is 16.2. The van der Waals surface area contributed by atoms with Gasteiger partial charge in [-0.1, -0.05) is 48.0 Å². The molecule has 5 nitrogen and oxygen atoms in total. The molecule has 0 bridgehead atoms. The van der Waals surface area contributed by atoms with E-state index in [-0.39, 0.29) is 5.91 Å². The Labute approximate surface area is 173 Å². The Kier molecular flexibility index (Phi) is 4.37. The van der Waals surface area contributed by atoms with E-state index in [1.165, 1.54) is 24.3 Å². The Morgan fingerprint density at radius 2 is 1.47 bits per heavy atom. The molecule has 150 valence electrons. The first-order chi connectivity index (χ1) is 14.5. The van der Waals surface area contributed by atoms with Crippen molar-refractivity contribution in [3.8, 4) is 0 Å². The Balaban J connectivity index is 1.58. The highest BCUT2D eigenvalue weighted by Gasteiger charge is 2.60. The number of hydrogen-bond donors (Lipinski definition) is 0. The summed E-state index contributed by atoms with van der Waals surface area (Å²) in [5.41, 5.74) is 3.10. The number of hydroxylamine groups is 1. The maximum absolute atomic E-state index is 13.4. The maximum atomic E-state index is 13.4. The first-order valence-electron chi connectivity index (χ1n) is 9.75. The Hall–Kier alpha value is -3.51. The van der Waals surface area contributed by atoms with Crippen LogP contribution in [0.4, 0.5) is 15.8 Å². The van der Waals surface area contributed by atoms with Gasteiger partial charge < -0.3 is 0 Å². The number of benzene rings is 3. The van der Waals surface area contributed by atoms with Crippen LogP contribution in [0.25, 0.3) is 0 Å². The monoisotopic (exact) mass is 402 g/mol. The first kappa shape index (κ1) is 18.5. The van der Waals surface area contributed by atoms with Crippen LogP contribution < -0.4 is 9.96 Å². The number of carbonyl (C=O) groups excluding carboxylic acids is 2. The molecule has 3 aromatic carbocycles. The Morgan fingerprint density at radius 1 is 0.800 bits per heavy atom. The van der Waals surface area contributed by atoms with E-state index in [0.717, 1.165) is 21.7 Å². The summed E-state index contributed by atoms with van der Waals surface area (Å²) in [5, 5.41) is 1.66. The van der Waals surface area contributed by atoms with Crippen LogP contribution in [0.3, 0.4) is 0 Å². The molecule has 0 radical (unpaired) electrons. The molecular weight excluding hydrogens is 383 g/mol. The molecule has 3 atom stereocenters. The summed E-state index contributed by atoms with van der Waals surface area (Å²) < 4.78 is 13.3. The van der Waals surface area contributed by atoms with Gasteiger partial charge in [-0.2, -0.15) is 0 Å². The van der Waals surface area contributed by atoms with E-state index in [9.17, 15) is 14.0 Å². The van der Waals surface area contributed by atoms with Crippen LogP contribution in [0, 0.1) is 18.7 Å². The lowest BCUT2D eigenvalue weighted by Gasteiger charge is -2.28. The van der Waals surface area contributed by atoms with Crippen molar-refractivity contribution >= 4 is 23.2 Å². The Bertz CT molecular complexity index is 1100. The standard InChI is InChI=1S/C24H19FN2O3/c1-15-7-9-16(10-8-15)21-20-22(30-27(21)19-5-3-2-4-6-19)24(29)26(23(20)28)18-13-11-17(25)12-14-18/h2-14,20-22H,1H3/t20-,21-,22-/m1/s1. The van der Waals surface area contributed by atoms with Gasteiger partial charge in [0.2, 0.25) is 5.91 Å². The highest BCUT2D eigenvalue weighted by molar-refractivity contribution is 6.23. The van der Waals surface area contributed by atoms with Crippen molar-refractivity contribution in [2.24, 2.45) is 5.92 Å². The number of nitrogens with zero attached hydrogens (tertiary/aromatic N) is 2. The zero-order valence-corrected chi connectivity index (χ0v) is 16.2. The third-order valence-electron chi connectivity index (χ3n) is 5.63. The second-order valence-electron chi connectivity index (χ2n) is 7.56. The summed E-state index contributed by atoms with van der Waals surface area (Å²) >= 11 is 0. The molecule has 2 saturated heterocycles. The van der Waals surface area contributed by atoms with Gasteiger partial charge >= 0.3 is 0 Å². The molecule has 2 heterocycles. The van der Waals surface area contributed by atoms with E-state index in [2.05, 4.69) is 0 Å². The predicted molar refractivity (Wildman–Crippen MR) is 110 cm³/mol. The lowest BCUT2D eigenvalue weighted by atomic mass is 9.90. The predicted octanol–water partition coefficient (Wildman–Crippen LogP) is 4.19.